The van der Waals surface area contributed by atoms with Crippen LogP contribution < -0.4 is 9.62 Å². The molecule has 41 heavy (non-hydrogen) atoms. The number of rotatable bonds is 11. The van der Waals surface area contributed by atoms with Gasteiger partial charge in [0, 0.05) is 22.6 Å². The average Bonchev–Trinajstić information content (AvgIpc) is 2.92. The SMILES string of the molecule is CC[C@H](C)NC(=O)[C@H](C)N(Cc1ccc(Cl)cc1Cl)C(=O)CN(c1cccc(Cl)c1Cl)S(=O)(=O)c1ccc(C)cc1. The molecule has 0 bridgehead atoms. The largest absolute Gasteiger partial charge is 0.352 e. The molecule has 7 nitrogen and oxygen atoms in total. The molecule has 0 fully saturated rings. The number of anilines is 1. The summed E-state index contributed by atoms with van der Waals surface area (Å²) in [6.07, 6.45) is 0.686. The zero-order chi connectivity index (χ0) is 30.5. The maximum Gasteiger partial charge on any atom is 0.264 e. The molecular formula is C29H31Cl4N3O4S. The Morgan fingerprint density at radius 1 is 0.927 bits per heavy atom. The summed E-state index contributed by atoms with van der Waals surface area (Å²) in [5.74, 6) is -1.05. The molecule has 0 unspecified atom stereocenters. The van der Waals surface area contributed by atoms with Crippen LogP contribution in [0.1, 0.15) is 38.3 Å². The van der Waals surface area contributed by atoms with E-state index < -0.39 is 34.4 Å². The van der Waals surface area contributed by atoms with Crippen LogP contribution in [0, 0.1) is 6.92 Å². The van der Waals surface area contributed by atoms with E-state index in [0.29, 0.717) is 22.0 Å². The Balaban J connectivity index is 2.09. The second kappa shape index (κ2) is 14.1. The Labute approximate surface area is 261 Å². The van der Waals surface area contributed by atoms with E-state index in [1.807, 2.05) is 20.8 Å². The van der Waals surface area contributed by atoms with Crippen LogP contribution in [-0.2, 0) is 26.2 Å². The van der Waals surface area contributed by atoms with E-state index in [9.17, 15) is 18.0 Å². The molecule has 3 aromatic carbocycles. The Morgan fingerprint density at radius 3 is 2.20 bits per heavy atom. The number of halogens is 4. The highest BCUT2D eigenvalue weighted by molar-refractivity contribution is 7.92. The standard InChI is InChI=1S/C29H31Cl4N3O4S/c1-5-19(3)34-29(38)20(4)35(16-21-11-12-22(30)15-25(21)32)27(37)17-36(26-8-6-7-24(31)28(26)33)41(39,40)23-13-9-18(2)10-14-23/h6-15,19-20H,5,16-17H2,1-4H3,(H,34,38)/t19-,20-/m0/s1. The fraction of sp³-hybridized carbons (Fsp3) is 0.310. The van der Waals surface area contributed by atoms with E-state index in [1.165, 1.54) is 35.2 Å². The number of benzene rings is 3. The molecule has 3 aromatic rings. The second-order valence-electron chi connectivity index (χ2n) is 9.65. The normalized spacial score (nSPS) is 12.9. The number of aryl methyl sites for hydroxylation is 1. The quantitative estimate of drug-likeness (QED) is 0.237. The summed E-state index contributed by atoms with van der Waals surface area (Å²) in [5.41, 5.74) is 1.41. The summed E-state index contributed by atoms with van der Waals surface area (Å²) in [6.45, 7) is 6.44. The van der Waals surface area contributed by atoms with Crippen LogP contribution in [0.25, 0.3) is 0 Å². The van der Waals surface area contributed by atoms with E-state index in [1.54, 1.807) is 37.3 Å². The van der Waals surface area contributed by atoms with E-state index >= 15 is 0 Å². The third-order valence-electron chi connectivity index (χ3n) is 6.61. The lowest BCUT2D eigenvalue weighted by Crippen LogP contribution is -2.52. The van der Waals surface area contributed by atoms with Gasteiger partial charge in [0.2, 0.25) is 11.8 Å². The number of hydrogen-bond donors (Lipinski definition) is 1. The molecule has 0 aliphatic rings. The molecule has 0 saturated heterocycles. The lowest BCUT2D eigenvalue weighted by Gasteiger charge is -2.33. The maximum absolute atomic E-state index is 14.0. The summed E-state index contributed by atoms with van der Waals surface area (Å²) in [5, 5.41) is 3.67. The molecule has 0 aromatic heterocycles. The number of amides is 2. The van der Waals surface area contributed by atoms with E-state index in [-0.39, 0.29) is 33.2 Å². The van der Waals surface area contributed by atoms with Gasteiger partial charge >= 0.3 is 0 Å². The van der Waals surface area contributed by atoms with Crippen molar-refractivity contribution >= 4 is 73.9 Å². The van der Waals surface area contributed by atoms with Gasteiger partial charge in [0.05, 0.1) is 20.6 Å². The number of hydrogen-bond acceptors (Lipinski definition) is 4. The van der Waals surface area contributed by atoms with E-state index in [0.717, 1.165) is 9.87 Å². The molecule has 0 radical (unpaired) electrons. The van der Waals surface area contributed by atoms with E-state index in [2.05, 4.69) is 5.32 Å². The Kier molecular flexibility index (Phi) is 11.4. The van der Waals surface area contributed by atoms with Crippen LogP contribution in [0.15, 0.2) is 65.6 Å². The fourth-order valence-electron chi connectivity index (χ4n) is 3.92. The van der Waals surface area contributed by atoms with Gasteiger partial charge in [0.1, 0.15) is 12.6 Å². The Bertz CT molecular complexity index is 1520. The fourth-order valence-corrected chi connectivity index (χ4v) is 6.26. The minimum atomic E-state index is -4.30. The molecule has 0 saturated carbocycles. The zero-order valence-electron chi connectivity index (χ0n) is 23.0. The van der Waals surface area contributed by atoms with Crippen molar-refractivity contribution in [3.05, 3.63) is 91.9 Å². The van der Waals surface area contributed by atoms with Gasteiger partial charge in [-0.15, -0.1) is 0 Å². The van der Waals surface area contributed by atoms with Gasteiger partial charge in [0.15, 0.2) is 0 Å². The summed E-state index contributed by atoms with van der Waals surface area (Å²) in [4.78, 5) is 28.4. The van der Waals surface area contributed by atoms with Crippen molar-refractivity contribution in [2.75, 3.05) is 10.8 Å². The number of carbonyl (C=O) groups is 2. The summed E-state index contributed by atoms with van der Waals surface area (Å²) >= 11 is 25.2. The van der Waals surface area contributed by atoms with Crippen LogP contribution in [0.4, 0.5) is 5.69 Å². The maximum atomic E-state index is 14.0. The van der Waals surface area contributed by atoms with Crippen molar-refractivity contribution in [2.45, 2.75) is 57.6 Å². The highest BCUT2D eigenvalue weighted by Gasteiger charge is 2.34. The monoisotopic (exact) mass is 657 g/mol. The number of nitrogens with zero attached hydrogens (tertiary/aromatic N) is 2. The predicted molar refractivity (Wildman–Crippen MR) is 167 cm³/mol. The Morgan fingerprint density at radius 2 is 1.59 bits per heavy atom. The van der Waals surface area contributed by atoms with Gasteiger partial charge in [0.25, 0.3) is 10.0 Å². The van der Waals surface area contributed by atoms with Gasteiger partial charge in [-0.2, -0.15) is 0 Å². The number of sulfonamides is 1. The third kappa shape index (κ3) is 8.08. The molecule has 0 heterocycles. The molecule has 3 rings (SSSR count). The molecule has 2 atom stereocenters. The second-order valence-corrected chi connectivity index (χ2v) is 13.1. The number of nitrogens with one attached hydrogen (secondary N) is 1. The molecule has 2 amide bonds. The minimum absolute atomic E-state index is 0.0225. The number of carbonyl (C=O) groups excluding carboxylic acids is 2. The summed E-state index contributed by atoms with van der Waals surface area (Å²) in [6, 6.07) is 14.4. The highest BCUT2D eigenvalue weighted by atomic mass is 35.5. The molecule has 12 heteroatoms. The first-order chi connectivity index (χ1) is 19.3. The summed E-state index contributed by atoms with van der Waals surface area (Å²) in [7, 11) is -4.30. The van der Waals surface area contributed by atoms with Crippen molar-refractivity contribution in [3.63, 3.8) is 0 Å². The van der Waals surface area contributed by atoms with Gasteiger partial charge in [-0.25, -0.2) is 8.42 Å². The molecule has 0 aliphatic carbocycles. The molecule has 0 aliphatic heterocycles. The lowest BCUT2D eigenvalue weighted by atomic mass is 10.1. The zero-order valence-corrected chi connectivity index (χ0v) is 26.8. The molecule has 0 spiro atoms. The van der Waals surface area contributed by atoms with Crippen LogP contribution in [0.3, 0.4) is 0 Å². The molecular weight excluding hydrogens is 628 g/mol. The third-order valence-corrected chi connectivity index (χ3v) is 9.78. The first kappa shape index (κ1) is 33.0. The van der Waals surface area contributed by atoms with Crippen molar-refractivity contribution in [1.29, 1.82) is 0 Å². The lowest BCUT2D eigenvalue weighted by molar-refractivity contribution is -0.139. The van der Waals surface area contributed by atoms with Crippen LogP contribution >= 0.6 is 46.4 Å². The minimum Gasteiger partial charge on any atom is -0.352 e. The average molecular weight is 659 g/mol. The van der Waals surface area contributed by atoms with Crippen molar-refractivity contribution in [2.24, 2.45) is 0 Å². The first-order valence-electron chi connectivity index (χ1n) is 12.8. The first-order valence-corrected chi connectivity index (χ1v) is 15.8. The van der Waals surface area contributed by atoms with Gasteiger partial charge in [-0.1, -0.05) is 83.2 Å². The van der Waals surface area contributed by atoms with E-state index in [4.69, 9.17) is 46.4 Å². The van der Waals surface area contributed by atoms with Gasteiger partial charge in [-0.3, -0.25) is 13.9 Å². The predicted octanol–water partition coefficient (Wildman–Crippen LogP) is 7.14. The van der Waals surface area contributed by atoms with Gasteiger partial charge in [-0.05, 0) is 69.2 Å². The molecule has 220 valence electrons. The van der Waals surface area contributed by atoms with Crippen molar-refractivity contribution < 1.29 is 18.0 Å². The Hall–Kier alpha value is -2.49. The van der Waals surface area contributed by atoms with Crippen molar-refractivity contribution in [1.82, 2.24) is 10.2 Å². The van der Waals surface area contributed by atoms with Crippen LogP contribution in [0.5, 0.6) is 0 Å². The molecule has 1 N–H and O–H groups in total. The van der Waals surface area contributed by atoms with Crippen LogP contribution in [-0.4, -0.2) is 43.8 Å². The topological polar surface area (TPSA) is 86.8 Å². The highest BCUT2D eigenvalue weighted by Crippen LogP contribution is 2.36. The summed E-state index contributed by atoms with van der Waals surface area (Å²) < 4.78 is 28.8. The van der Waals surface area contributed by atoms with Gasteiger partial charge < -0.3 is 10.2 Å². The van der Waals surface area contributed by atoms with Crippen molar-refractivity contribution in [3.8, 4) is 0 Å². The van der Waals surface area contributed by atoms with Crippen LogP contribution in [0.2, 0.25) is 20.1 Å². The smallest absolute Gasteiger partial charge is 0.264 e.